The second-order valence-corrected chi connectivity index (χ2v) is 9.53. The predicted octanol–water partition coefficient (Wildman–Crippen LogP) is 2.30. The van der Waals surface area contributed by atoms with Gasteiger partial charge >= 0.3 is 6.09 Å². The van der Waals surface area contributed by atoms with Crippen LogP contribution in [0.3, 0.4) is 0 Å². The predicted molar refractivity (Wildman–Crippen MR) is 121 cm³/mol. The molecule has 0 spiro atoms. The first-order valence-electron chi connectivity index (χ1n) is 11.5. The Kier molecular flexibility index (Phi) is 9.68. The number of amides is 1. The van der Waals surface area contributed by atoms with Crippen LogP contribution >= 0.6 is 0 Å². The Balaban J connectivity index is 1.71. The topological polar surface area (TPSA) is 78.4 Å². The maximum atomic E-state index is 12.2. The zero-order valence-electron chi connectivity index (χ0n) is 19.8. The standard InChI is InChI=1S/C22H43N5O3/c1-6-23-19(25-18-22(8-7-9-22)10-17-29-5)24-11-12-26-13-15-27(16-14-26)20(28)30-21(2,3)4/h6-18H2,1-5H3,(H2,23,24,25). The van der Waals surface area contributed by atoms with Gasteiger partial charge in [0.1, 0.15) is 5.60 Å². The molecule has 0 unspecified atom stereocenters. The molecule has 2 N–H and O–H groups in total. The number of nitrogens with zero attached hydrogens (tertiary/aromatic N) is 3. The van der Waals surface area contributed by atoms with Crippen LogP contribution in [0.4, 0.5) is 4.79 Å². The normalized spacial score (nSPS) is 19.9. The summed E-state index contributed by atoms with van der Waals surface area (Å²) in [5.74, 6) is 0.897. The molecule has 8 heteroatoms. The van der Waals surface area contributed by atoms with Gasteiger partial charge in [-0.1, -0.05) is 6.42 Å². The molecule has 8 nitrogen and oxygen atoms in total. The Morgan fingerprint density at radius 1 is 1.13 bits per heavy atom. The fourth-order valence-corrected chi connectivity index (χ4v) is 3.88. The molecule has 0 aromatic carbocycles. The number of guanidine groups is 1. The zero-order valence-corrected chi connectivity index (χ0v) is 19.8. The maximum Gasteiger partial charge on any atom is 0.410 e. The Hall–Kier alpha value is -1.54. The van der Waals surface area contributed by atoms with Crippen LogP contribution in [-0.2, 0) is 9.47 Å². The SMILES string of the molecule is CCNC(=NCC1(CCOC)CCC1)NCCN1CCN(C(=O)OC(C)(C)C)CC1. The number of methoxy groups -OCH3 is 1. The van der Waals surface area contributed by atoms with Gasteiger partial charge in [0, 0.05) is 66.1 Å². The molecule has 30 heavy (non-hydrogen) atoms. The van der Waals surface area contributed by atoms with Gasteiger partial charge in [-0.15, -0.1) is 0 Å². The number of carbonyl (C=O) groups excluding carboxylic acids is 1. The molecule has 0 bridgehead atoms. The smallest absolute Gasteiger partial charge is 0.410 e. The number of ether oxygens (including phenoxy) is 2. The van der Waals surface area contributed by atoms with Gasteiger partial charge in [0.15, 0.2) is 5.96 Å². The number of piperazine rings is 1. The molecule has 1 aliphatic heterocycles. The lowest BCUT2D eigenvalue weighted by Crippen LogP contribution is -2.51. The zero-order chi connectivity index (χ0) is 22.0. The van der Waals surface area contributed by atoms with Gasteiger partial charge in [-0.05, 0) is 52.4 Å². The largest absolute Gasteiger partial charge is 0.444 e. The second-order valence-electron chi connectivity index (χ2n) is 9.53. The highest BCUT2D eigenvalue weighted by atomic mass is 16.6. The van der Waals surface area contributed by atoms with E-state index in [4.69, 9.17) is 14.5 Å². The van der Waals surface area contributed by atoms with E-state index in [2.05, 4.69) is 22.5 Å². The second kappa shape index (κ2) is 11.7. The molecular formula is C22H43N5O3. The van der Waals surface area contributed by atoms with Gasteiger partial charge in [0.05, 0.1) is 0 Å². The Morgan fingerprint density at radius 2 is 1.83 bits per heavy atom. The number of hydrogen-bond donors (Lipinski definition) is 2. The highest BCUT2D eigenvalue weighted by molar-refractivity contribution is 5.79. The third kappa shape index (κ3) is 8.30. The van der Waals surface area contributed by atoms with Crippen LogP contribution in [0.2, 0.25) is 0 Å². The van der Waals surface area contributed by atoms with Crippen molar-refractivity contribution in [3.05, 3.63) is 0 Å². The number of aliphatic imine (C=N–C) groups is 1. The van der Waals surface area contributed by atoms with Crippen molar-refractivity contribution in [2.45, 2.75) is 59.0 Å². The van der Waals surface area contributed by atoms with Crippen molar-refractivity contribution in [1.29, 1.82) is 0 Å². The van der Waals surface area contributed by atoms with E-state index in [1.54, 1.807) is 12.0 Å². The minimum atomic E-state index is -0.443. The number of nitrogens with one attached hydrogen (secondary N) is 2. The summed E-state index contributed by atoms with van der Waals surface area (Å²) in [5.41, 5.74) is -0.113. The van der Waals surface area contributed by atoms with Crippen LogP contribution in [0.1, 0.15) is 53.4 Å². The summed E-state index contributed by atoms with van der Waals surface area (Å²) in [7, 11) is 1.77. The van der Waals surface area contributed by atoms with Crippen molar-refractivity contribution in [1.82, 2.24) is 20.4 Å². The van der Waals surface area contributed by atoms with Crippen LogP contribution in [0, 0.1) is 5.41 Å². The van der Waals surface area contributed by atoms with Gasteiger partial charge in [0.2, 0.25) is 0 Å². The molecule has 0 aromatic heterocycles. The summed E-state index contributed by atoms with van der Waals surface area (Å²) in [4.78, 5) is 21.2. The van der Waals surface area contributed by atoms with Crippen molar-refractivity contribution >= 4 is 12.1 Å². The lowest BCUT2D eigenvalue weighted by atomic mass is 9.67. The summed E-state index contributed by atoms with van der Waals surface area (Å²) in [6, 6.07) is 0. The summed E-state index contributed by atoms with van der Waals surface area (Å²) in [6.07, 6.45) is 4.69. The molecule has 1 heterocycles. The first-order valence-corrected chi connectivity index (χ1v) is 11.5. The van der Waals surface area contributed by atoms with E-state index >= 15 is 0 Å². The third-order valence-electron chi connectivity index (χ3n) is 5.91. The van der Waals surface area contributed by atoms with E-state index in [1.165, 1.54) is 19.3 Å². The van der Waals surface area contributed by atoms with Gasteiger partial charge in [-0.3, -0.25) is 9.89 Å². The monoisotopic (exact) mass is 425 g/mol. The van der Waals surface area contributed by atoms with Crippen LogP contribution in [-0.4, -0.2) is 93.5 Å². The number of hydrogen-bond acceptors (Lipinski definition) is 5. The summed E-state index contributed by atoms with van der Waals surface area (Å²) < 4.78 is 10.8. The summed E-state index contributed by atoms with van der Waals surface area (Å²) in [5, 5.41) is 6.83. The van der Waals surface area contributed by atoms with Gasteiger partial charge < -0.3 is 25.0 Å². The maximum absolute atomic E-state index is 12.2. The minimum Gasteiger partial charge on any atom is -0.444 e. The highest BCUT2D eigenvalue weighted by Gasteiger charge is 2.36. The molecular weight excluding hydrogens is 382 g/mol. The average molecular weight is 426 g/mol. The quantitative estimate of drug-likeness (QED) is 0.436. The van der Waals surface area contributed by atoms with E-state index in [9.17, 15) is 4.79 Å². The van der Waals surface area contributed by atoms with Crippen LogP contribution in [0.25, 0.3) is 0 Å². The Bertz CT molecular complexity index is 549. The van der Waals surface area contributed by atoms with Crippen molar-refractivity contribution in [2.24, 2.45) is 10.4 Å². The fourth-order valence-electron chi connectivity index (χ4n) is 3.88. The number of rotatable bonds is 9. The molecule has 2 fully saturated rings. The van der Waals surface area contributed by atoms with E-state index < -0.39 is 5.60 Å². The molecule has 1 aliphatic carbocycles. The van der Waals surface area contributed by atoms with Crippen LogP contribution in [0.15, 0.2) is 4.99 Å². The van der Waals surface area contributed by atoms with Crippen molar-refractivity contribution in [3.63, 3.8) is 0 Å². The van der Waals surface area contributed by atoms with E-state index in [0.717, 1.165) is 58.3 Å². The molecule has 1 saturated carbocycles. The Morgan fingerprint density at radius 3 is 2.37 bits per heavy atom. The van der Waals surface area contributed by atoms with Crippen LogP contribution < -0.4 is 10.6 Å². The molecule has 1 saturated heterocycles. The van der Waals surface area contributed by atoms with E-state index in [0.29, 0.717) is 18.5 Å². The fraction of sp³-hybridized carbons (Fsp3) is 0.909. The minimum absolute atomic E-state index is 0.208. The Labute approximate surface area is 182 Å². The van der Waals surface area contributed by atoms with Gasteiger partial charge in [-0.25, -0.2) is 4.79 Å². The molecule has 174 valence electrons. The van der Waals surface area contributed by atoms with Crippen LogP contribution in [0.5, 0.6) is 0 Å². The summed E-state index contributed by atoms with van der Waals surface area (Å²) >= 11 is 0. The van der Waals surface area contributed by atoms with Gasteiger partial charge in [0.25, 0.3) is 0 Å². The van der Waals surface area contributed by atoms with E-state index in [1.807, 2.05) is 20.8 Å². The highest BCUT2D eigenvalue weighted by Crippen LogP contribution is 2.44. The van der Waals surface area contributed by atoms with Crippen molar-refractivity contribution in [3.8, 4) is 0 Å². The van der Waals surface area contributed by atoms with E-state index in [-0.39, 0.29) is 6.09 Å². The number of carbonyl (C=O) groups is 1. The third-order valence-corrected chi connectivity index (χ3v) is 5.91. The molecule has 0 aromatic rings. The molecule has 1 amide bonds. The molecule has 2 aliphatic rings. The lowest BCUT2D eigenvalue weighted by Gasteiger charge is -2.40. The van der Waals surface area contributed by atoms with Gasteiger partial charge in [-0.2, -0.15) is 0 Å². The van der Waals surface area contributed by atoms with Crippen molar-refractivity contribution in [2.75, 3.05) is 66.1 Å². The average Bonchev–Trinajstić information content (AvgIpc) is 2.66. The first kappa shape index (κ1) is 24.7. The molecule has 0 radical (unpaired) electrons. The molecule has 2 rings (SSSR count). The lowest BCUT2D eigenvalue weighted by molar-refractivity contribution is 0.0147. The molecule has 0 atom stereocenters. The van der Waals surface area contributed by atoms with Crippen molar-refractivity contribution < 1.29 is 14.3 Å². The first-order chi connectivity index (χ1) is 14.3. The summed E-state index contributed by atoms with van der Waals surface area (Å²) in [6.45, 7) is 15.3.